The smallest absolute Gasteiger partial charge is 0.291 e. The molecule has 3 rings (SSSR count). The first-order valence-electron chi connectivity index (χ1n) is 9.17. The van der Waals surface area contributed by atoms with Crippen LogP contribution in [-0.4, -0.2) is 50.0 Å². The fraction of sp³-hybridized carbons (Fsp3) is 0.500. The molecule has 0 bridgehead atoms. The Hall–Kier alpha value is -3.37. The molecule has 0 radical (unpaired) electrons. The van der Waals surface area contributed by atoms with Crippen molar-refractivity contribution < 1.29 is 19.5 Å². The highest BCUT2D eigenvalue weighted by molar-refractivity contribution is 5.96. The number of carbonyl (C=O) groups excluding carboxylic acids is 2. The second-order valence-electron chi connectivity index (χ2n) is 8.21. The van der Waals surface area contributed by atoms with Crippen molar-refractivity contribution >= 4 is 23.7 Å². The lowest BCUT2D eigenvalue weighted by atomic mass is 9.96. The quantitative estimate of drug-likeness (QED) is 0.435. The highest BCUT2D eigenvalue weighted by Crippen LogP contribution is 2.26. The van der Waals surface area contributed by atoms with Gasteiger partial charge in [0.1, 0.15) is 11.3 Å². The maximum atomic E-state index is 12.9. The van der Waals surface area contributed by atoms with E-state index in [-0.39, 0.29) is 22.7 Å². The summed E-state index contributed by atoms with van der Waals surface area (Å²) in [5, 5.41) is 21.2. The van der Waals surface area contributed by atoms with Gasteiger partial charge < -0.3 is 21.0 Å². The number of primary amides is 1. The fourth-order valence-electron chi connectivity index (χ4n) is 2.75. The van der Waals surface area contributed by atoms with Crippen LogP contribution in [0.5, 0.6) is 5.88 Å². The van der Waals surface area contributed by atoms with E-state index in [2.05, 4.69) is 15.6 Å². The van der Waals surface area contributed by atoms with Crippen LogP contribution < -0.4 is 16.6 Å². The minimum Gasteiger partial charge on any atom is -0.494 e. The zero-order valence-electron chi connectivity index (χ0n) is 16.5. The summed E-state index contributed by atoms with van der Waals surface area (Å²) in [5.41, 5.74) is 4.14. The van der Waals surface area contributed by atoms with E-state index in [0.717, 1.165) is 17.4 Å². The first kappa shape index (κ1) is 20.4. The molecule has 2 aromatic rings. The van der Waals surface area contributed by atoms with Gasteiger partial charge in [-0.2, -0.15) is 9.61 Å². The van der Waals surface area contributed by atoms with Gasteiger partial charge in [0.25, 0.3) is 17.4 Å². The molecule has 2 aromatic heterocycles. The molecule has 2 amide bonds. The largest absolute Gasteiger partial charge is 0.494 e. The van der Waals surface area contributed by atoms with Gasteiger partial charge in [-0.25, -0.2) is 0 Å². The number of nitrogens with zero attached hydrogens (tertiary/aromatic N) is 4. The van der Waals surface area contributed by atoms with Crippen molar-refractivity contribution in [2.75, 3.05) is 6.61 Å². The van der Waals surface area contributed by atoms with Gasteiger partial charge in [-0.05, 0) is 18.3 Å². The van der Waals surface area contributed by atoms with Crippen molar-refractivity contribution in [3.8, 4) is 5.88 Å². The molecule has 0 atom stereocenters. The first-order chi connectivity index (χ1) is 13.6. The van der Waals surface area contributed by atoms with E-state index in [4.69, 9.17) is 10.6 Å². The Balaban J connectivity index is 2.08. The number of amides is 2. The molecule has 4 N–H and O–H groups in total. The zero-order valence-corrected chi connectivity index (χ0v) is 16.5. The van der Waals surface area contributed by atoms with E-state index in [0.29, 0.717) is 12.2 Å². The number of aromatic nitrogens is 3. The molecular formula is C18H24N6O5. The van der Waals surface area contributed by atoms with E-state index < -0.39 is 29.9 Å². The Morgan fingerprint density at radius 1 is 1.45 bits per heavy atom. The van der Waals surface area contributed by atoms with Crippen LogP contribution in [0.1, 0.15) is 49.7 Å². The number of hydrogen-bond donors (Lipinski definition) is 3. The lowest BCUT2D eigenvalue weighted by molar-refractivity contribution is -0.122. The molecule has 0 spiro atoms. The summed E-state index contributed by atoms with van der Waals surface area (Å²) in [4.78, 5) is 40.8. The predicted molar refractivity (Wildman–Crippen MR) is 104 cm³/mol. The predicted octanol–water partition coefficient (Wildman–Crippen LogP) is -0.0243. The topological polar surface area (TPSA) is 153 Å². The van der Waals surface area contributed by atoms with Crippen LogP contribution in [0.25, 0.3) is 5.65 Å². The molecular weight excluding hydrogens is 380 g/mol. The lowest BCUT2D eigenvalue weighted by Crippen LogP contribution is -2.35. The Morgan fingerprint density at radius 2 is 2.14 bits per heavy atom. The van der Waals surface area contributed by atoms with Crippen molar-refractivity contribution in [1.29, 1.82) is 0 Å². The Labute approximate surface area is 166 Å². The van der Waals surface area contributed by atoms with Crippen LogP contribution in [-0.2, 0) is 16.2 Å². The number of fused-ring (bicyclic) bond motifs is 1. The third-order valence-corrected chi connectivity index (χ3v) is 4.11. The molecule has 1 aliphatic carbocycles. The van der Waals surface area contributed by atoms with Crippen molar-refractivity contribution in [2.24, 2.45) is 16.3 Å². The van der Waals surface area contributed by atoms with Gasteiger partial charge in [0.05, 0.1) is 6.21 Å². The van der Waals surface area contributed by atoms with Crippen LogP contribution in [0.4, 0.5) is 0 Å². The summed E-state index contributed by atoms with van der Waals surface area (Å²) < 4.78 is 2.51. The van der Waals surface area contributed by atoms with Gasteiger partial charge in [0, 0.05) is 18.7 Å². The SMILES string of the molecule is CC(C)(C)Cn1c(O)c(C(=O)NC2CC2)c(=O)n2nc(/C=N/OCC(N)=O)cc12. The van der Waals surface area contributed by atoms with Crippen LogP contribution >= 0.6 is 0 Å². The number of oxime groups is 1. The fourth-order valence-corrected chi connectivity index (χ4v) is 2.75. The standard InChI is InChI=1S/C18H24N6O5/c1-18(2,3)9-23-13-6-11(7-20-29-8-12(19)25)22-24(13)17(28)14(16(23)27)15(26)21-10-4-5-10/h6-7,10,27H,4-5,8-9H2,1-3H3,(H2,19,25)(H,21,26)/b20-7+. The zero-order chi connectivity index (χ0) is 21.3. The number of nitrogens with one attached hydrogen (secondary N) is 1. The maximum absolute atomic E-state index is 12.9. The van der Waals surface area contributed by atoms with E-state index in [1.807, 2.05) is 20.8 Å². The molecule has 1 fully saturated rings. The van der Waals surface area contributed by atoms with Gasteiger partial charge in [0.2, 0.25) is 5.88 Å². The van der Waals surface area contributed by atoms with Gasteiger partial charge in [-0.1, -0.05) is 25.9 Å². The average Bonchev–Trinajstić information content (AvgIpc) is 3.30. The van der Waals surface area contributed by atoms with Crippen LogP contribution in [0.15, 0.2) is 16.0 Å². The summed E-state index contributed by atoms with van der Waals surface area (Å²) >= 11 is 0. The van der Waals surface area contributed by atoms with Gasteiger partial charge in [0.15, 0.2) is 12.2 Å². The van der Waals surface area contributed by atoms with Crippen LogP contribution in [0, 0.1) is 5.41 Å². The number of carbonyl (C=O) groups is 2. The van der Waals surface area contributed by atoms with Crippen LogP contribution in [0.2, 0.25) is 0 Å². The van der Waals surface area contributed by atoms with Crippen molar-refractivity contribution in [1.82, 2.24) is 19.5 Å². The molecule has 2 heterocycles. The summed E-state index contributed by atoms with van der Waals surface area (Å²) in [5.74, 6) is -1.72. The summed E-state index contributed by atoms with van der Waals surface area (Å²) in [6.07, 6.45) is 2.90. The first-order valence-corrected chi connectivity index (χ1v) is 9.17. The average molecular weight is 404 g/mol. The molecule has 11 nitrogen and oxygen atoms in total. The molecule has 0 aliphatic heterocycles. The Kier molecular flexibility index (Phi) is 5.31. The van der Waals surface area contributed by atoms with Gasteiger partial charge in [-0.15, -0.1) is 0 Å². The number of hydrogen-bond acceptors (Lipinski definition) is 7. The van der Waals surface area contributed by atoms with E-state index in [1.165, 1.54) is 16.8 Å². The Bertz CT molecular complexity index is 1040. The highest BCUT2D eigenvalue weighted by Gasteiger charge is 2.30. The summed E-state index contributed by atoms with van der Waals surface area (Å²) in [7, 11) is 0. The maximum Gasteiger partial charge on any atom is 0.291 e. The van der Waals surface area contributed by atoms with Crippen molar-refractivity contribution in [2.45, 2.75) is 46.2 Å². The summed E-state index contributed by atoms with van der Waals surface area (Å²) in [6, 6.07) is 1.54. The number of nitrogens with two attached hydrogens (primary N) is 1. The minimum absolute atomic E-state index is 0.0239. The van der Waals surface area contributed by atoms with Crippen molar-refractivity contribution in [3.63, 3.8) is 0 Å². The summed E-state index contributed by atoms with van der Waals surface area (Å²) in [6.45, 7) is 5.81. The second-order valence-corrected chi connectivity index (χ2v) is 8.21. The number of rotatable bonds is 7. The molecule has 0 unspecified atom stereocenters. The second kappa shape index (κ2) is 7.57. The lowest BCUT2D eigenvalue weighted by Gasteiger charge is -2.23. The van der Waals surface area contributed by atoms with Crippen LogP contribution in [0.3, 0.4) is 0 Å². The van der Waals surface area contributed by atoms with E-state index >= 15 is 0 Å². The number of aromatic hydroxyl groups is 1. The normalized spacial score (nSPS) is 14.4. The third-order valence-electron chi connectivity index (χ3n) is 4.11. The van der Waals surface area contributed by atoms with Gasteiger partial charge >= 0.3 is 0 Å². The molecule has 1 saturated carbocycles. The molecule has 11 heteroatoms. The van der Waals surface area contributed by atoms with E-state index in [9.17, 15) is 19.5 Å². The van der Waals surface area contributed by atoms with E-state index in [1.54, 1.807) is 0 Å². The molecule has 156 valence electrons. The molecule has 0 saturated heterocycles. The highest BCUT2D eigenvalue weighted by atomic mass is 16.6. The Morgan fingerprint density at radius 3 is 2.72 bits per heavy atom. The molecule has 0 aromatic carbocycles. The van der Waals surface area contributed by atoms with Crippen molar-refractivity contribution in [3.05, 3.63) is 27.7 Å². The third kappa shape index (κ3) is 4.73. The monoisotopic (exact) mass is 404 g/mol. The molecule has 1 aliphatic rings. The molecule has 29 heavy (non-hydrogen) atoms. The van der Waals surface area contributed by atoms with Gasteiger partial charge in [-0.3, -0.25) is 19.0 Å². The minimum atomic E-state index is -0.737.